The highest BCUT2D eigenvalue weighted by Gasteiger charge is 2.16. The van der Waals surface area contributed by atoms with Crippen molar-refractivity contribution in [2.24, 2.45) is 11.3 Å². The molecular formula is C25H31N3O3. The molecule has 1 unspecified atom stereocenters. The number of esters is 1. The molecule has 0 spiro atoms. The topological polar surface area (TPSA) is 74.1 Å². The molecule has 3 rings (SSSR count). The Balaban J connectivity index is 1.60. The quantitative estimate of drug-likeness (QED) is 0.514. The number of aryl methyl sites for hydroxylation is 1. The predicted molar refractivity (Wildman–Crippen MR) is 122 cm³/mol. The second-order valence-electron chi connectivity index (χ2n) is 9.56. The maximum Gasteiger partial charge on any atom is 0.338 e. The van der Waals surface area contributed by atoms with E-state index >= 15 is 0 Å². The van der Waals surface area contributed by atoms with E-state index in [4.69, 9.17) is 4.74 Å². The van der Waals surface area contributed by atoms with Crippen molar-refractivity contribution in [2.45, 2.75) is 54.0 Å². The second-order valence-corrected chi connectivity index (χ2v) is 9.56. The van der Waals surface area contributed by atoms with E-state index in [0.29, 0.717) is 29.0 Å². The molecule has 1 aromatic heterocycles. The van der Waals surface area contributed by atoms with E-state index in [1.807, 2.05) is 31.2 Å². The summed E-state index contributed by atoms with van der Waals surface area (Å²) in [6.45, 7) is 11.5. The van der Waals surface area contributed by atoms with E-state index in [1.54, 1.807) is 18.2 Å². The minimum absolute atomic E-state index is 0.179. The summed E-state index contributed by atoms with van der Waals surface area (Å²) in [7, 11) is 0. The molecule has 0 N–H and O–H groups in total. The number of aromatic nitrogens is 3. The van der Waals surface area contributed by atoms with Crippen molar-refractivity contribution in [1.29, 1.82) is 0 Å². The van der Waals surface area contributed by atoms with Crippen LogP contribution in [0.15, 0.2) is 47.3 Å². The Morgan fingerprint density at radius 3 is 2.52 bits per heavy atom. The normalized spacial score (nSPS) is 12.7. The standard InChI is InChI=1S/C25H31N3O3/c1-17-6-11-22-21(14-17)23(29)28(27-26-22)16-19-7-9-20(10-8-19)24(30)31-13-12-18(2)15-25(3,4)5/h6-11,14,18H,12-13,15-16H2,1-5H3. The minimum Gasteiger partial charge on any atom is -0.462 e. The van der Waals surface area contributed by atoms with Crippen molar-refractivity contribution in [3.05, 3.63) is 69.5 Å². The van der Waals surface area contributed by atoms with Crippen LogP contribution in [0.2, 0.25) is 0 Å². The number of rotatable bonds is 7. The molecule has 1 heterocycles. The fourth-order valence-electron chi connectivity index (χ4n) is 3.80. The molecule has 0 saturated carbocycles. The van der Waals surface area contributed by atoms with Gasteiger partial charge in [-0.15, -0.1) is 5.10 Å². The van der Waals surface area contributed by atoms with Crippen LogP contribution in [0.5, 0.6) is 0 Å². The Morgan fingerprint density at radius 2 is 1.84 bits per heavy atom. The predicted octanol–water partition coefficient (Wildman–Crippen LogP) is 4.77. The Hall–Kier alpha value is -3.02. The first-order valence-electron chi connectivity index (χ1n) is 10.7. The lowest BCUT2D eigenvalue weighted by molar-refractivity contribution is 0.0478. The van der Waals surface area contributed by atoms with Crippen LogP contribution >= 0.6 is 0 Å². The first kappa shape index (κ1) is 22.7. The smallest absolute Gasteiger partial charge is 0.338 e. The van der Waals surface area contributed by atoms with Crippen molar-refractivity contribution in [3.63, 3.8) is 0 Å². The molecule has 6 heteroatoms. The molecule has 164 valence electrons. The van der Waals surface area contributed by atoms with E-state index in [1.165, 1.54) is 4.68 Å². The maximum atomic E-state index is 12.7. The third-order valence-corrected chi connectivity index (χ3v) is 5.20. The van der Waals surface area contributed by atoms with Gasteiger partial charge in [-0.25, -0.2) is 9.48 Å². The zero-order chi connectivity index (χ0) is 22.6. The number of carbonyl (C=O) groups is 1. The first-order valence-corrected chi connectivity index (χ1v) is 10.7. The van der Waals surface area contributed by atoms with Gasteiger partial charge in [0.15, 0.2) is 0 Å². The molecule has 3 aromatic rings. The molecule has 0 fully saturated rings. The van der Waals surface area contributed by atoms with Crippen LogP contribution in [0, 0.1) is 18.3 Å². The summed E-state index contributed by atoms with van der Waals surface area (Å²) < 4.78 is 6.77. The van der Waals surface area contributed by atoms with Crippen LogP contribution in [0.4, 0.5) is 0 Å². The van der Waals surface area contributed by atoms with Gasteiger partial charge in [0.2, 0.25) is 0 Å². The van der Waals surface area contributed by atoms with E-state index in [2.05, 4.69) is 38.0 Å². The number of benzene rings is 2. The highest BCUT2D eigenvalue weighted by Crippen LogP contribution is 2.25. The molecular weight excluding hydrogens is 390 g/mol. The molecule has 31 heavy (non-hydrogen) atoms. The van der Waals surface area contributed by atoms with Gasteiger partial charge in [-0.2, -0.15) is 0 Å². The number of ether oxygens (including phenoxy) is 1. The van der Waals surface area contributed by atoms with Gasteiger partial charge in [-0.05, 0) is 60.9 Å². The second kappa shape index (κ2) is 9.41. The summed E-state index contributed by atoms with van der Waals surface area (Å²) in [6.07, 6.45) is 1.94. The molecule has 0 bridgehead atoms. The summed E-state index contributed by atoms with van der Waals surface area (Å²) in [5.41, 5.74) is 3.04. The van der Waals surface area contributed by atoms with E-state index in [0.717, 1.165) is 24.0 Å². The van der Waals surface area contributed by atoms with Gasteiger partial charge in [0.1, 0.15) is 5.52 Å². The third kappa shape index (κ3) is 6.23. The average Bonchev–Trinajstić information content (AvgIpc) is 2.69. The summed E-state index contributed by atoms with van der Waals surface area (Å²) in [5.74, 6) is 0.174. The molecule has 0 aliphatic carbocycles. The molecule has 0 aliphatic rings. The van der Waals surface area contributed by atoms with E-state index in [-0.39, 0.29) is 23.5 Å². The van der Waals surface area contributed by atoms with Crippen molar-refractivity contribution >= 4 is 16.9 Å². The van der Waals surface area contributed by atoms with Gasteiger partial charge in [-0.3, -0.25) is 4.79 Å². The lowest BCUT2D eigenvalue weighted by Gasteiger charge is -2.23. The fraction of sp³-hybridized carbons (Fsp3) is 0.440. The Bertz CT molecular complexity index is 1110. The summed E-state index contributed by atoms with van der Waals surface area (Å²) in [4.78, 5) is 25.0. The van der Waals surface area contributed by atoms with Crippen molar-refractivity contribution in [2.75, 3.05) is 6.61 Å². The number of fused-ring (bicyclic) bond motifs is 1. The lowest BCUT2D eigenvalue weighted by Crippen LogP contribution is -2.24. The fourth-order valence-corrected chi connectivity index (χ4v) is 3.80. The van der Waals surface area contributed by atoms with Gasteiger partial charge in [0, 0.05) is 0 Å². The SMILES string of the molecule is Cc1ccc2nnn(Cc3ccc(C(=O)OCCC(C)CC(C)(C)C)cc3)c(=O)c2c1. The molecule has 0 saturated heterocycles. The van der Waals surface area contributed by atoms with Gasteiger partial charge in [0.25, 0.3) is 5.56 Å². The maximum absolute atomic E-state index is 12.7. The molecule has 0 amide bonds. The Labute approximate surface area is 183 Å². The first-order chi connectivity index (χ1) is 14.6. The Morgan fingerprint density at radius 1 is 1.13 bits per heavy atom. The van der Waals surface area contributed by atoms with Crippen molar-refractivity contribution in [3.8, 4) is 0 Å². The summed E-state index contributed by atoms with van der Waals surface area (Å²) >= 11 is 0. The minimum atomic E-state index is -0.326. The van der Waals surface area contributed by atoms with Crippen molar-refractivity contribution in [1.82, 2.24) is 15.0 Å². The lowest BCUT2D eigenvalue weighted by atomic mass is 9.84. The van der Waals surface area contributed by atoms with E-state index < -0.39 is 0 Å². The van der Waals surface area contributed by atoms with Crippen molar-refractivity contribution < 1.29 is 9.53 Å². The Kier molecular flexibility index (Phi) is 6.88. The molecule has 0 radical (unpaired) electrons. The summed E-state index contributed by atoms with van der Waals surface area (Å²) in [5, 5.41) is 8.72. The third-order valence-electron chi connectivity index (χ3n) is 5.20. The van der Waals surface area contributed by atoms with Crippen LogP contribution in [0.25, 0.3) is 10.9 Å². The van der Waals surface area contributed by atoms with Gasteiger partial charge in [-0.1, -0.05) is 56.7 Å². The van der Waals surface area contributed by atoms with Crippen LogP contribution in [0.1, 0.15) is 62.0 Å². The van der Waals surface area contributed by atoms with Gasteiger partial charge in [0.05, 0.1) is 24.1 Å². The number of carbonyl (C=O) groups excluding carboxylic acids is 1. The number of hydrogen-bond donors (Lipinski definition) is 0. The monoisotopic (exact) mass is 421 g/mol. The van der Waals surface area contributed by atoms with Crippen LogP contribution in [0.3, 0.4) is 0 Å². The zero-order valence-corrected chi connectivity index (χ0v) is 19.0. The molecule has 2 aromatic carbocycles. The largest absolute Gasteiger partial charge is 0.462 e. The summed E-state index contributed by atoms with van der Waals surface area (Å²) in [6, 6.07) is 12.6. The van der Waals surface area contributed by atoms with Crippen LogP contribution in [-0.4, -0.2) is 27.6 Å². The number of hydrogen-bond acceptors (Lipinski definition) is 5. The average molecular weight is 422 g/mol. The highest BCUT2D eigenvalue weighted by atomic mass is 16.5. The van der Waals surface area contributed by atoms with E-state index in [9.17, 15) is 9.59 Å². The molecule has 6 nitrogen and oxygen atoms in total. The van der Waals surface area contributed by atoms with Gasteiger partial charge >= 0.3 is 5.97 Å². The van der Waals surface area contributed by atoms with Crippen LogP contribution < -0.4 is 5.56 Å². The zero-order valence-electron chi connectivity index (χ0n) is 19.0. The van der Waals surface area contributed by atoms with Crippen LogP contribution in [-0.2, 0) is 11.3 Å². The highest BCUT2D eigenvalue weighted by molar-refractivity contribution is 5.89. The molecule has 0 aliphatic heterocycles. The number of nitrogens with zero attached hydrogens (tertiary/aromatic N) is 3. The van der Waals surface area contributed by atoms with Gasteiger partial charge < -0.3 is 4.74 Å². The molecule has 1 atom stereocenters.